The van der Waals surface area contributed by atoms with Gasteiger partial charge in [-0.05, 0) is 26.8 Å². The average molecular weight is 369 g/mol. The van der Waals surface area contributed by atoms with Crippen LogP contribution >= 0.6 is 11.8 Å². The van der Waals surface area contributed by atoms with Crippen LogP contribution in [0, 0.1) is 0 Å². The maximum absolute atomic E-state index is 13.2. The van der Waals surface area contributed by atoms with E-state index >= 15 is 0 Å². The van der Waals surface area contributed by atoms with Gasteiger partial charge in [-0.15, -0.1) is 0 Å². The van der Waals surface area contributed by atoms with Gasteiger partial charge >= 0.3 is 6.18 Å². The van der Waals surface area contributed by atoms with E-state index in [9.17, 15) is 18.0 Å². The number of rotatable bonds is 5. The lowest BCUT2D eigenvalue weighted by Gasteiger charge is -2.15. The molecule has 0 aliphatic heterocycles. The first kappa shape index (κ1) is 19.2. The minimum atomic E-state index is -4.59. The van der Waals surface area contributed by atoms with Crippen LogP contribution in [0.3, 0.4) is 0 Å². The highest BCUT2D eigenvalue weighted by molar-refractivity contribution is 8.00. The summed E-state index contributed by atoms with van der Waals surface area (Å²) in [7, 11) is 0. The Morgan fingerprint density at radius 2 is 1.76 bits per heavy atom. The van der Waals surface area contributed by atoms with E-state index in [0.29, 0.717) is 5.56 Å². The van der Waals surface area contributed by atoms with Crippen LogP contribution < -0.4 is 5.32 Å². The number of aromatic nitrogens is 2. The van der Waals surface area contributed by atoms with Gasteiger partial charge in [-0.2, -0.15) is 13.2 Å². The van der Waals surface area contributed by atoms with Crippen LogP contribution in [0.4, 0.5) is 13.2 Å². The Balaban J connectivity index is 2.36. The number of hydrogen-bond donors (Lipinski definition) is 1. The quantitative estimate of drug-likeness (QED) is 0.635. The Labute approximate surface area is 148 Å². The number of carbonyl (C=O) groups is 1. The lowest BCUT2D eigenvalue weighted by molar-refractivity contribution is -0.141. The van der Waals surface area contributed by atoms with Crippen LogP contribution in [0.1, 0.15) is 26.5 Å². The van der Waals surface area contributed by atoms with Gasteiger partial charge in [0.15, 0.2) is 5.16 Å². The summed E-state index contributed by atoms with van der Waals surface area (Å²) in [6.45, 7) is 5.22. The SMILES string of the molecule is CC(C)NC(=O)[C@H](C)Sc1nc(-c2ccccc2)cc(C(F)(F)F)n1. The van der Waals surface area contributed by atoms with Crippen LogP contribution in [0.2, 0.25) is 0 Å². The van der Waals surface area contributed by atoms with E-state index in [1.165, 1.54) is 0 Å². The average Bonchev–Trinajstić information content (AvgIpc) is 2.54. The number of hydrogen-bond acceptors (Lipinski definition) is 4. The molecule has 0 fully saturated rings. The third-order valence-electron chi connectivity index (χ3n) is 3.15. The van der Waals surface area contributed by atoms with Crippen LogP contribution in [-0.4, -0.2) is 27.2 Å². The molecule has 8 heteroatoms. The molecule has 2 aromatic rings. The molecule has 1 aromatic carbocycles. The molecule has 1 atom stereocenters. The zero-order valence-electron chi connectivity index (χ0n) is 14.0. The predicted octanol–water partition coefficient (Wildman–Crippen LogP) is 4.17. The van der Waals surface area contributed by atoms with E-state index in [1.54, 1.807) is 37.3 Å². The van der Waals surface area contributed by atoms with Gasteiger partial charge in [-0.25, -0.2) is 9.97 Å². The second kappa shape index (κ2) is 7.86. The number of nitrogens with zero attached hydrogens (tertiary/aromatic N) is 2. The Hall–Kier alpha value is -2.09. The molecule has 0 bridgehead atoms. The number of alkyl halides is 3. The summed E-state index contributed by atoms with van der Waals surface area (Å²) in [6.07, 6.45) is -4.59. The van der Waals surface area contributed by atoms with Crippen molar-refractivity contribution in [3.05, 3.63) is 42.1 Å². The molecule has 4 nitrogen and oxygen atoms in total. The molecular weight excluding hydrogens is 351 g/mol. The van der Waals surface area contributed by atoms with Crippen LogP contribution in [-0.2, 0) is 11.0 Å². The van der Waals surface area contributed by atoms with Crippen molar-refractivity contribution >= 4 is 17.7 Å². The van der Waals surface area contributed by atoms with E-state index in [2.05, 4.69) is 15.3 Å². The Morgan fingerprint density at radius 1 is 1.12 bits per heavy atom. The first-order valence-electron chi connectivity index (χ1n) is 7.65. The smallest absolute Gasteiger partial charge is 0.353 e. The van der Waals surface area contributed by atoms with Gasteiger partial charge in [-0.1, -0.05) is 42.1 Å². The number of nitrogens with one attached hydrogen (secondary N) is 1. The summed E-state index contributed by atoms with van der Waals surface area (Å²) in [5.74, 6) is -0.276. The third-order valence-corrected chi connectivity index (χ3v) is 4.11. The summed E-state index contributed by atoms with van der Waals surface area (Å²) in [4.78, 5) is 19.8. The number of halogens is 3. The van der Waals surface area contributed by atoms with Crippen molar-refractivity contribution in [2.24, 2.45) is 0 Å². The summed E-state index contributed by atoms with van der Waals surface area (Å²) in [5, 5.41) is 2.02. The van der Waals surface area contributed by atoms with E-state index in [4.69, 9.17) is 0 Å². The lowest BCUT2D eigenvalue weighted by Crippen LogP contribution is -2.36. The van der Waals surface area contributed by atoms with Crippen LogP contribution in [0.5, 0.6) is 0 Å². The molecule has 0 spiro atoms. The Morgan fingerprint density at radius 3 is 2.32 bits per heavy atom. The number of amides is 1. The fourth-order valence-electron chi connectivity index (χ4n) is 1.99. The molecule has 1 heterocycles. The highest BCUT2D eigenvalue weighted by Gasteiger charge is 2.34. The molecule has 134 valence electrons. The van der Waals surface area contributed by atoms with E-state index in [1.807, 2.05) is 13.8 Å². The largest absolute Gasteiger partial charge is 0.433 e. The molecule has 2 rings (SSSR count). The summed E-state index contributed by atoms with van der Waals surface area (Å²) < 4.78 is 39.5. The lowest BCUT2D eigenvalue weighted by atomic mass is 10.1. The zero-order chi connectivity index (χ0) is 18.6. The normalized spacial score (nSPS) is 12.9. The molecule has 1 amide bonds. The standard InChI is InChI=1S/C17H18F3N3OS/c1-10(2)21-15(24)11(3)25-16-22-13(12-7-5-4-6-8-12)9-14(23-16)17(18,19)20/h4-11H,1-3H3,(H,21,24)/t11-/m0/s1. The fraction of sp³-hybridized carbons (Fsp3) is 0.353. The van der Waals surface area contributed by atoms with Crippen molar-refractivity contribution < 1.29 is 18.0 Å². The maximum Gasteiger partial charge on any atom is 0.433 e. The monoisotopic (exact) mass is 369 g/mol. The number of benzene rings is 1. The Kier molecular flexibility index (Phi) is 6.05. The zero-order valence-corrected chi connectivity index (χ0v) is 14.8. The third kappa shape index (κ3) is 5.45. The molecule has 0 aliphatic carbocycles. The number of thioether (sulfide) groups is 1. The minimum Gasteiger partial charge on any atom is -0.353 e. The molecule has 0 unspecified atom stereocenters. The van der Waals surface area contributed by atoms with Gasteiger partial charge < -0.3 is 5.32 Å². The van der Waals surface area contributed by atoms with Gasteiger partial charge in [0.1, 0.15) is 5.69 Å². The molecule has 0 saturated carbocycles. The maximum atomic E-state index is 13.2. The number of carbonyl (C=O) groups excluding carboxylic acids is 1. The van der Waals surface area contributed by atoms with Crippen molar-refractivity contribution in [1.29, 1.82) is 0 Å². The van der Waals surface area contributed by atoms with Gasteiger partial charge in [0.05, 0.1) is 10.9 Å². The van der Waals surface area contributed by atoms with Crippen LogP contribution in [0.25, 0.3) is 11.3 Å². The van der Waals surface area contributed by atoms with E-state index in [-0.39, 0.29) is 22.8 Å². The minimum absolute atomic E-state index is 0.0575. The van der Waals surface area contributed by atoms with Gasteiger partial charge in [0.25, 0.3) is 0 Å². The molecular formula is C17H18F3N3OS. The predicted molar refractivity (Wildman–Crippen MR) is 91.1 cm³/mol. The van der Waals surface area contributed by atoms with Crippen molar-refractivity contribution in [2.75, 3.05) is 0 Å². The summed E-state index contributed by atoms with van der Waals surface area (Å²) in [5.41, 5.74) is -0.307. The van der Waals surface area contributed by atoms with Gasteiger partial charge in [-0.3, -0.25) is 4.79 Å². The molecule has 0 saturated heterocycles. The fourth-order valence-corrected chi connectivity index (χ4v) is 2.79. The molecule has 1 N–H and O–H groups in total. The molecule has 0 aliphatic rings. The topological polar surface area (TPSA) is 54.9 Å². The first-order chi connectivity index (χ1) is 11.7. The van der Waals surface area contributed by atoms with Crippen molar-refractivity contribution in [3.63, 3.8) is 0 Å². The highest BCUT2D eigenvalue weighted by atomic mass is 32.2. The second-order valence-electron chi connectivity index (χ2n) is 5.71. The Bertz CT molecular complexity index is 736. The van der Waals surface area contributed by atoms with E-state index in [0.717, 1.165) is 17.8 Å². The van der Waals surface area contributed by atoms with Crippen molar-refractivity contribution in [3.8, 4) is 11.3 Å². The summed E-state index contributed by atoms with van der Waals surface area (Å²) in [6, 6.07) is 9.41. The van der Waals surface area contributed by atoms with E-state index < -0.39 is 17.1 Å². The van der Waals surface area contributed by atoms with Crippen molar-refractivity contribution in [1.82, 2.24) is 15.3 Å². The molecule has 1 aromatic heterocycles. The highest BCUT2D eigenvalue weighted by Crippen LogP contribution is 2.32. The van der Waals surface area contributed by atoms with Crippen molar-refractivity contribution in [2.45, 2.75) is 43.4 Å². The summed E-state index contributed by atoms with van der Waals surface area (Å²) >= 11 is 0.899. The molecule has 25 heavy (non-hydrogen) atoms. The molecule has 0 radical (unpaired) electrons. The second-order valence-corrected chi connectivity index (χ2v) is 7.02. The van der Waals surface area contributed by atoms with Gasteiger partial charge in [0, 0.05) is 11.6 Å². The van der Waals surface area contributed by atoms with Crippen LogP contribution in [0.15, 0.2) is 41.6 Å². The van der Waals surface area contributed by atoms with Gasteiger partial charge in [0.2, 0.25) is 5.91 Å². The first-order valence-corrected chi connectivity index (χ1v) is 8.53.